The molecule has 2 aliphatic carbocycles. The normalized spacial score (nSPS) is 33.0. The molecule has 6 rings (SSSR count). The van der Waals surface area contributed by atoms with Gasteiger partial charge in [0.2, 0.25) is 11.8 Å². The Morgan fingerprint density at radius 1 is 1.29 bits per heavy atom. The number of nitrogens with one attached hydrogen (secondary N) is 1. The summed E-state index contributed by atoms with van der Waals surface area (Å²) in [5, 5.41) is 9.38. The molecular formula is C24H30N6O4S. The van der Waals surface area contributed by atoms with E-state index in [0.29, 0.717) is 12.5 Å². The van der Waals surface area contributed by atoms with E-state index >= 15 is 0 Å². The van der Waals surface area contributed by atoms with E-state index < -0.39 is 16.5 Å². The highest BCUT2D eigenvalue weighted by Gasteiger charge is 2.56. The SMILES string of the molecule is Cc1ccc2c(c1)CC[C@H]2N1C(=O)[C@@H]2C[C@H]1CN2C[C@H](N)C(=O)N1[C@H](C#N)CC2C[C@@H]21.N=S(=O)=O. The topological polar surface area (TPSA) is 152 Å². The van der Waals surface area contributed by atoms with Gasteiger partial charge in [0.25, 0.3) is 0 Å². The van der Waals surface area contributed by atoms with Gasteiger partial charge in [0.15, 0.2) is 0 Å². The first-order valence-corrected chi connectivity index (χ1v) is 13.2. The van der Waals surface area contributed by atoms with Crippen LogP contribution in [-0.2, 0) is 26.5 Å². The second-order valence-corrected chi connectivity index (χ2v) is 10.9. The fourth-order valence-electron chi connectivity index (χ4n) is 6.72. The smallest absolute Gasteiger partial charge is 0.308 e. The molecule has 3 aliphatic heterocycles. The van der Waals surface area contributed by atoms with Crippen LogP contribution < -0.4 is 5.73 Å². The second-order valence-electron chi connectivity index (χ2n) is 10.4. The molecule has 2 bridgehead atoms. The maximum absolute atomic E-state index is 13.3. The van der Waals surface area contributed by atoms with E-state index in [0.717, 1.165) is 38.6 Å². The number of carbonyl (C=O) groups excluding carboxylic acids is 2. The number of likely N-dealkylation sites (tertiary alicyclic amines) is 3. The van der Waals surface area contributed by atoms with E-state index in [2.05, 4.69) is 41.0 Å². The molecule has 4 fully saturated rings. The molecule has 0 aromatic heterocycles. The number of amides is 2. The van der Waals surface area contributed by atoms with Gasteiger partial charge < -0.3 is 15.5 Å². The van der Waals surface area contributed by atoms with Crippen molar-refractivity contribution in [2.75, 3.05) is 13.1 Å². The lowest BCUT2D eigenvalue weighted by Gasteiger charge is -2.38. The molecule has 7 atom stereocenters. The summed E-state index contributed by atoms with van der Waals surface area (Å²) in [6.07, 6.45) is 4.64. The number of hydrogen-bond acceptors (Lipinski definition) is 8. The predicted molar refractivity (Wildman–Crippen MR) is 125 cm³/mol. The summed E-state index contributed by atoms with van der Waals surface area (Å²) in [6, 6.07) is 8.27. The van der Waals surface area contributed by atoms with Gasteiger partial charge in [0.1, 0.15) is 6.04 Å². The molecule has 11 heteroatoms. The van der Waals surface area contributed by atoms with Gasteiger partial charge in [-0.15, -0.1) is 0 Å². The number of nitriles is 1. The average molecular weight is 499 g/mol. The predicted octanol–water partition coefficient (Wildman–Crippen LogP) is 0.736. The van der Waals surface area contributed by atoms with E-state index in [1.54, 1.807) is 4.90 Å². The zero-order chi connectivity index (χ0) is 25.0. The molecule has 1 aromatic carbocycles. The lowest BCUT2D eigenvalue weighted by Crippen LogP contribution is -2.57. The Kier molecular flexibility index (Phi) is 6.15. The van der Waals surface area contributed by atoms with E-state index in [9.17, 15) is 14.9 Å². The average Bonchev–Trinajstić information content (AvgIpc) is 3.14. The van der Waals surface area contributed by atoms with Crippen LogP contribution in [0.5, 0.6) is 0 Å². The highest BCUT2D eigenvalue weighted by Crippen LogP contribution is 2.48. The lowest BCUT2D eigenvalue weighted by atomic mass is 10.0. The highest BCUT2D eigenvalue weighted by molar-refractivity contribution is 7.60. The zero-order valence-electron chi connectivity index (χ0n) is 19.6. The number of benzene rings is 1. The monoisotopic (exact) mass is 498 g/mol. The van der Waals surface area contributed by atoms with Crippen LogP contribution in [0.2, 0.25) is 0 Å². The van der Waals surface area contributed by atoms with Crippen molar-refractivity contribution < 1.29 is 18.0 Å². The first-order valence-electron chi connectivity index (χ1n) is 12.1. The van der Waals surface area contributed by atoms with Gasteiger partial charge in [-0.3, -0.25) is 14.5 Å². The minimum Gasteiger partial charge on any atom is -0.330 e. The summed E-state index contributed by atoms with van der Waals surface area (Å²) < 4.78 is 22.8. The number of piperidine rings is 1. The Morgan fingerprint density at radius 3 is 2.71 bits per heavy atom. The lowest BCUT2D eigenvalue weighted by molar-refractivity contribution is -0.141. The summed E-state index contributed by atoms with van der Waals surface area (Å²) in [7, 11) is -2.61. The standard InChI is InChI=1S/C24H29N5O2.HNO2S/c1-13-2-4-18-14(6-13)3-5-20(18)29-17-9-22(24(29)31)27(11-17)12-19(26)23(30)28-16(10-25)7-15-8-21(15)28;1-4(2)3/h2,4,6,15-17,19-22H,3,5,7-9,11-12,26H2,1H3;1H/t15?,16-,17-,19-,20+,21-,22-;/m0./s1. The van der Waals surface area contributed by atoms with E-state index in [-0.39, 0.29) is 42.0 Å². The molecular weight excluding hydrogens is 468 g/mol. The summed E-state index contributed by atoms with van der Waals surface area (Å²) in [4.78, 5) is 32.3. The number of piperazine rings is 1. The van der Waals surface area contributed by atoms with Gasteiger partial charge in [-0.2, -0.15) is 18.5 Å². The number of rotatable bonds is 4. The number of nitrogens with zero attached hydrogens (tertiary/aromatic N) is 4. The summed E-state index contributed by atoms with van der Waals surface area (Å²) in [6.45, 7) is 3.29. The maximum atomic E-state index is 13.3. The molecule has 5 aliphatic rings. The van der Waals surface area contributed by atoms with Crippen LogP contribution in [0.3, 0.4) is 0 Å². The van der Waals surface area contributed by atoms with Gasteiger partial charge >= 0.3 is 10.5 Å². The van der Waals surface area contributed by atoms with Crippen molar-refractivity contribution in [2.24, 2.45) is 11.7 Å². The van der Waals surface area contributed by atoms with Crippen LogP contribution in [0.25, 0.3) is 0 Å². The Hall–Kier alpha value is -2.81. The Morgan fingerprint density at radius 2 is 2.03 bits per heavy atom. The van der Waals surface area contributed by atoms with E-state index in [4.69, 9.17) is 18.9 Å². The fraction of sp³-hybridized carbons (Fsp3) is 0.625. The largest absolute Gasteiger partial charge is 0.330 e. The number of hydrogen-bond donors (Lipinski definition) is 2. The third-order valence-corrected chi connectivity index (χ3v) is 8.25. The minimum absolute atomic E-state index is 0.122. The van der Waals surface area contributed by atoms with Crippen LogP contribution in [-0.4, -0.2) is 78.2 Å². The molecule has 0 radical (unpaired) electrons. The van der Waals surface area contributed by atoms with Gasteiger partial charge in [-0.25, -0.2) is 0 Å². The maximum Gasteiger partial charge on any atom is 0.308 e. The Balaban J connectivity index is 0.000000591. The van der Waals surface area contributed by atoms with Crippen molar-refractivity contribution in [3.8, 4) is 6.07 Å². The zero-order valence-corrected chi connectivity index (χ0v) is 20.4. The van der Waals surface area contributed by atoms with Crippen LogP contribution in [0.4, 0.5) is 0 Å². The molecule has 3 heterocycles. The van der Waals surface area contributed by atoms with Gasteiger partial charge in [-0.05, 0) is 56.1 Å². The third kappa shape index (κ3) is 4.24. The molecule has 1 aromatic rings. The van der Waals surface area contributed by atoms with Gasteiger partial charge in [0, 0.05) is 25.2 Å². The molecule has 3 N–H and O–H groups in total. The van der Waals surface area contributed by atoms with E-state index in [1.165, 1.54) is 16.7 Å². The van der Waals surface area contributed by atoms with Gasteiger partial charge in [-0.1, -0.05) is 23.8 Å². The highest BCUT2D eigenvalue weighted by atomic mass is 32.2. The van der Waals surface area contributed by atoms with Crippen molar-refractivity contribution in [2.45, 2.75) is 75.3 Å². The molecule has 3 saturated heterocycles. The van der Waals surface area contributed by atoms with Crippen molar-refractivity contribution in [1.82, 2.24) is 14.7 Å². The molecule has 2 amide bonds. The molecule has 35 heavy (non-hydrogen) atoms. The second kappa shape index (κ2) is 9.00. The molecule has 1 unspecified atom stereocenters. The quantitative estimate of drug-likeness (QED) is 0.621. The molecule has 1 saturated carbocycles. The summed E-state index contributed by atoms with van der Waals surface area (Å²) in [5.74, 6) is 0.549. The molecule has 0 spiro atoms. The van der Waals surface area contributed by atoms with Crippen molar-refractivity contribution in [1.29, 1.82) is 10.0 Å². The van der Waals surface area contributed by atoms with Crippen molar-refractivity contribution >= 4 is 22.3 Å². The number of nitrogens with two attached hydrogens (primary N) is 1. The third-order valence-electron chi connectivity index (χ3n) is 8.25. The number of carbonyl (C=O) groups is 2. The number of fused-ring (bicyclic) bond motifs is 4. The van der Waals surface area contributed by atoms with Crippen LogP contribution in [0, 0.1) is 29.0 Å². The first kappa shape index (κ1) is 23.9. The molecule has 186 valence electrons. The van der Waals surface area contributed by atoms with Gasteiger partial charge in [0.05, 0.1) is 24.2 Å². The van der Waals surface area contributed by atoms with Crippen molar-refractivity contribution in [3.63, 3.8) is 0 Å². The first-order chi connectivity index (χ1) is 16.7. The molecule has 10 nitrogen and oxygen atoms in total. The fourth-order valence-corrected chi connectivity index (χ4v) is 6.72. The summed E-state index contributed by atoms with van der Waals surface area (Å²) >= 11 is 0. The van der Waals surface area contributed by atoms with Crippen molar-refractivity contribution in [3.05, 3.63) is 34.9 Å². The minimum atomic E-state index is -2.61. The number of aryl methyl sites for hydroxylation is 2. The Bertz CT molecular complexity index is 1210. The van der Waals surface area contributed by atoms with E-state index in [1.807, 2.05) is 0 Å². The van der Waals surface area contributed by atoms with Crippen LogP contribution in [0.15, 0.2) is 18.2 Å². The Labute approximate surface area is 206 Å². The van der Waals surface area contributed by atoms with Crippen LogP contribution >= 0.6 is 0 Å². The summed E-state index contributed by atoms with van der Waals surface area (Å²) in [5.41, 5.74) is 10.3. The van der Waals surface area contributed by atoms with Crippen LogP contribution in [0.1, 0.15) is 48.4 Å².